The predicted molar refractivity (Wildman–Crippen MR) is 129 cm³/mol. The van der Waals surface area contributed by atoms with Crippen LogP contribution in [0.25, 0.3) is 16.9 Å². The average Bonchev–Trinajstić information content (AvgIpc) is 3.28. The quantitative estimate of drug-likeness (QED) is 0.301. The second-order valence-electron chi connectivity index (χ2n) is 7.79. The fourth-order valence-corrected chi connectivity index (χ4v) is 3.80. The van der Waals surface area contributed by atoms with Crippen molar-refractivity contribution in [2.24, 2.45) is 0 Å². The summed E-state index contributed by atoms with van der Waals surface area (Å²) < 4.78 is 7.12. The Morgan fingerprint density at radius 1 is 1.06 bits per heavy atom. The Kier molecular flexibility index (Phi) is 6.68. The van der Waals surface area contributed by atoms with Crippen LogP contribution in [0, 0.1) is 10.1 Å². The van der Waals surface area contributed by atoms with Crippen LogP contribution < -0.4 is 10.1 Å². The van der Waals surface area contributed by atoms with Crippen molar-refractivity contribution >= 4 is 11.6 Å². The summed E-state index contributed by atoms with van der Waals surface area (Å²) in [5, 5.41) is 18.8. The van der Waals surface area contributed by atoms with Crippen molar-refractivity contribution in [3.05, 3.63) is 106 Å². The largest absolute Gasteiger partial charge is 0.496 e. The van der Waals surface area contributed by atoms with Gasteiger partial charge in [0.25, 0.3) is 5.69 Å². The molecular formula is C26H24N4O4. The van der Waals surface area contributed by atoms with Gasteiger partial charge in [-0.1, -0.05) is 36.4 Å². The van der Waals surface area contributed by atoms with E-state index in [2.05, 4.69) is 10.4 Å². The number of non-ortho nitro benzene ring substituents is 1. The first kappa shape index (κ1) is 22.7. The molecule has 0 saturated carbocycles. The summed E-state index contributed by atoms with van der Waals surface area (Å²) >= 11 is 0. The van der Waals surface area contributed by atoms with E-state index in [1.807, 2.05) is 67.7 Å². The van der Waals surface area contributed by atoms with E-state index in [1.165, 1.54) is 12.1 Å². The van der Waals surface area contributed by atoms with E-state index in [9.17, 15) is 14.9 Å². The smallest absolute Gasteiger partial charge is 0.269 e. The Morgan fingerprint density at radius 2 is 1.74 bits per heavy atom. The molecule has 0 bridgehead atoms. The second kappa shape index (κ2) is 9.99. The van der Waals surface area contributed by atoms with E-state index in [0.717, 1.165) is 11.3 Å². The zero-order chi connectivity index (χ0) is 24.1. The summed E-state index contributed by atoms with van der Waals surface area (Å²) in [4.78, 5) is 23.6. The third kappa shape index (κ3) is 4.96. The maximum Gasteiger partial charge on any atom is 0.269 e. The lowest BCUT2D eigenvalue weighted by Gasteiger charge is -2.17. The highest BCUT2D eigenvalue weighted by Crippen LogP contribution is 2.27. The minimum atomic E-state index is -0.444. The normalized spacial score (nSPS) is 11.6. The number of hydrogen-bond donors (Lipinski definition) is 1. The van der Waals surface area contributed by atoms with Gasteiger partial charge in [0.1, 0.15) is 5.75 Å². The van der Waals surface area contributed by atoms with E-state index in [4.69, 9.17) is 4.74 Å². The molecule has 8 nitrogen and oxygen atoms in total. The van der Waals surface area contributed by atoms with Crippen LogP contribution in [-0.2, 0) is 11.2 Å². The number of nitro benzene ring substituents is 1. The molecule has 1 aromatic heterocycles. The van der Waals surface area contributed by atoms with E-state index < -0.39 is 4.92 Å². The number of ether oxygens (including phenoxy) is 1. The zero-order valence-electron chi connectivity index (χ0n) is 18.8. The number of benzene rings is 3. The molecule has 0 fully saturated rings. The van der Waals surface area contributed by atoms with Crippen LogP contribution in [0.3, 0.4) is 0 Å². The number of amides is 1. The van der Waals surface area contributed by atoms with Crippen LogP contribution in [0.2, 0.25) is 0 Å². The third-order valence-corrected chi connectivity index (χ3v) is 5.50. The van der Waals surface area contributed by atoms with E-state index in [-0.39, 0.29) is 24.1 Å². The Bertz CT molecular complexity index is 1300. The highest BCUT2D eigenvalue weighted by molar-refractivity contribution is 5.81. The molecule has 3 aromatic carbocycles. The Morgan fingerprint density at radius 3 is 2.41 bits per heavy atom. The van der Waals surface area contributed by atoms with Crippen molar-refractivity contribution in [1.82, 2.24) is 15.1 Å². The van der Waals surface area contributed by atoms with Gasteiger partial charge in [-0.15, -0.1) is 0 Å². The summed E-state index contributed by atoms with van der Waals surface area (Å²) in [5.41, 5.74) is 3.73. The molecule has 1 unspecified atom stereocenters. The lowest BCUT2D eigenvalue weighted by Crippen LogP contribution is -2.28. The van der Waals surface area contributed by atoms with Gasteiger partial charge < -0.3 is 10.1 Å². The number of hydrogen-bond acceptors (Lipinski definition) is 5. The number of para-hydroxylation sites is 2. The van der Waals surface area contributed by atoms with Gasteiger partial charge in [0.15, 0.2) is 0 Å². The number of nitro groups is 1. The minimum Gasteiger partial charge on any atom is -0.496 e. The van der Waals surface area contributed by atoms with Crippen LogP contribution in [0.15, 0.2) is 85.1 Å². The molecule has 0 aliphatic carbocycles. The molecule has 0 aliphatic rings. The molecule has 4 rings (SSSR count). The molecule has 0 aliphatic heterocycles. The van der Waals surface area contributed by atoms with Gasteiger partial charge in [0.05, 0.1) is 35.9 Å². The second-order valence-corrected chi connectivity index (χ2v) is 7.79. The molecule has 34 heavy (non-hydrogen) atoms. The number of aromatic nitrogens is 2. The number of carbonyl (C=O) groups excluding carboxylic acids is 1. The van der Waals surface area contributed by atoms with Gasteiger partial charge in [-0.3, -0.25) is 14.9 Å². The van der Waals surface area contributed by atoms with Crippen molar-refractivity contribution in [2.75, 3.05) is 7.11 Å². The predicted octanol–water partition coefficient (Wildman–Crippen LogP) is 4.88. The molecule has 1 atom stereocenters. The molecule has 8 heteroatoms. The minimum absolute atomic E-state index is 0.00355. The average molecular weight is 457 g/mol. The molecule has 172 valence electrons. The van der Waals surface area contributed by atoms with E-state index >= 15 is 0 Å². The van der Waals surface area contributed by atoms with Crippen LogP contribution in [0.1, 0.15) is 24.1 Å². The van der Waals surface area contributed by atoms with Crippen molar-refractivity contribution < 1.29 is 14.5 Å². The fraction of sp³-hybridized carbons (Fsp3) is 0.154. The number of rotatable bonds is 8. The summed E-state index contributed by atoms with van der Waals surface area (Å²) in [6.45, 7) is 1.90. The van der Waals surface area contributed by atoms with Crippen LogP contribution >= 0.6 is 0 Å². The Hall–Kier alpha value is -4.46. The van der Waals surface area contributed by atoms with Gasteiger partial charge in [-0.2, -0.15) is 5.10 Å². The topological polar surface area (TPSA) is 99.3 Å². The molecule has 1 amide bonds. The van der Waals surface area contributed by atoms with Gasteiger partial charge in [-0.05, 0) is 37.3 Å². The summed E-state index contributed by atoms with van der Waals surface area (Å²) in [7, 11) is 1.60. The van der Waals surface area contributed by atoms with Gasteiger partial charge in [0, 0.05) is 35.0 Å². The zero-order valence-corrected chi connectivity index (χ0v) is 18.8. The SMILES string of the molecule is COc1ccccc1C(C)NC(=O)Cc1cn(-c2ccccc2)nc1-c1ccc([N+](=O)[O-])cc1. The third-order valence-electron chi connectivity index (χ3n) is 5.50. The van der Waals surface area contributed by atoms with Gasteiger partial charge in [0.2, 0.25) is 5.91 Å². The molecular weight excluding hydrogens is 432 g/mol. The lowest BCUT2D eigenvalue weighted by molar-refractivity contribution is -0.384. The number of methoxy groups -OCH3 is 1. The van der Waals surface area contributed by atoms with E-state index in [1.54, 1.807) is 23.9 Å². The van der Waals surface area contributed by atoms with E-state index in [0.29, 0.717) is 22.6 Å². The molecule has 0 spiro atoms. The molecule has 0 saturated heterocycles. The molecule has 1 N–H and O–H groups in total. The van der Waals surface area contributed by atoms with Crippen molar-refractivity contribution in [1.29, 1.82) is 0 Å². The summed E-state index contributed by atoms with van der Waals surface area (Å²) in [5.74, 6) is 0.535. The summed E-state index contributed by atoms with van der Waals surface area (Å²) in [6.07, 6.45) is 1.91. The Balaban J connectivity index is 1.62. The van der Waals surface area contributed by atoms with Crippen molar-refractivity contribution in [3.63, 3.8) is 0 Å². The first-order chi connectivity index (χ1) is 16.5. The highest BCUT2D eigenvalue weighted by atomic mass is 16.6. The van der Waals surface area contributed by atoms with Crippen molar-refractivity contribution in [3.8, 4) is 22.7 Å². The van der Waals surface area contributed by atoms with Gasteiger partial charge in [-0.25, -0.2) is 4.68 Å². The maximum atomic E-state index is 13.0. The van der Waals surface area contributed by atoms with Crippen molar-refractivity contribution in [2.45, 2.75) is 19.4 Å². The van der Waals surface area contributed by atoms with Crippen LogP contribution in [0.5, 0.6) is 5.75 Å². The lowest BCUT2D eigenvalue weighted by atomic mass is 10.0. The van der Waals surface area contributed by atoms with Crippen LogP contribution in [-0.4, -0.2) is 27.7 Å². The number of nitrogens with one attached hydrogen (secondary N) is 1. The first-order valence-corrected chi connectivity index (χ1v) is 10.8. The Labute approximate surface area is 197 Å². The monoisotopic (exact) mass is 456 g/mol. The molecule has 4 aromatic rings. The fourth-order valence-electron chi connectivity index (χ4n) is 3.80. The highest BCUT2D eigenvalue weighted by Gasteiger charge is 2.19. The van der Waals surface area contributed by atoms with Gasteiger partial charge >= 0.3 is 0 Å². The number of nitrogens with zero attached hydrogens (tertiary/aromatic N) is 3. The maximum absolute atomic E-state index is 13.0. The van der Waals surface area contributed by atoms with Crippen LogP contribution in [0.4, 0.5) is 5.69 Å². The molecule has 0 radical (unpaired) electrons. The first-order valence-electron chi connectivity index (χ1n) is 10.8. The standard InChI is InChI=1S/C26H24N4O4/c1-18(23-10-6-7-11-24(23)34-2)27-25(31)16-20-17-29(21-8-4-3-5-9-21)28-26(20)19-12-14-22(15-13-19)30(32)33/h3-15,17-18H,16H2,1-2H3,(H,27,31). The summed E-state index contributed by atoms with van der Waals surface area (Å²) in [6, 6.07) is 23.0. The number of carbonyl (C=O) groups is 1. The molecule has 1 heterocycles.